The molecule has 22 atom stereocenters. The molecule has 0 aliphatic carbocycles. The summed E-state index contributed by atoms with van der Waals surface area (Å²) in [6.07, 6.45) is -16.1. The van der Waals surface area contributed by atoms with Gasteiger partial charge in [0.1, 0.15) is 43.7 Å². The Morgan fingerprint density at radius 2 is 1.48 bits per heavy atom. The van der Waals surface area contributed by atoms with Crippen LogP contribution in [0.2, 0.25) is 0 Å². The Labute approximate surface area is 493 Å². The highest BCUT2D eigenvalue weighted by molar-refractivity contribution is 7.90. The summed E-state index contributed by atoms with van der Waals surface area (Å²) in [5.41, 5.74) is -9.55. The van der Waals surface area contributed by atoms with E-state index in [9.17, 15) is 41.4 Å². The smallest absolute Gasteiger partial charge is 0.461 e. The fourth-order valence-electron chi connectivity index (χ4n) is 11.7. The molecule has 4 aliphatic rings. The van der Waals surface area contributed by atoms with Gasteiger partial charge in [0.25, 0.3) is 0 Å². The zero-order valence-electron chi connectivity index (χ0n) is 52.3. The Hall–Kier alpha value is -3.39. The van der Waals surface area contributed by atoms with Crippen molar-refractivity contribution in [3.63, 3.8) is 0 Å². The molecule has 0 aromatic carbocycles. The van der Waals surface area contributed by atoms with E-state index in [0.29, 0.717) is 13.0 Å². The van der Waals surface area contributed by atoms with Crippen molar-refractivity contribution in [2.45, 2.75) is 238 Å². The summed E-state index contributed by atoms with van der Waals surface area (Å²) < 4.78 is 136. The highest BCUT2D eigenvalue weighted by Gasteiger charge is 2.53. The van der Waals surface area contributed by atoms with Crippen molar-refractivity contribution in [3.05, 3.63) is 0 Å². The van der Waals surface area contributed by atoms with Crippen LogP contribution in [0.1, 0.15) is 130 Å². The van der Waals surface area contributed by atoms with Gasteiger partial charge in [-0.1, -0.05) is 53.6 Å². The van der Waals surface area contributed by atoms with Crippen LogP contribution in [-0.4, -0.2) is 210 Å². The first-order chi connectivity index (χ1) is 38.8. The molecule has 0 saturated carbocycles. The van der Waals surface area contributed by atoms with Gasteiger partial charge in [-0.05, 0) is 80.7 Å². The Kier molecular flexibility index (Phi) is 26.7. The van der Waals surface area contributed by atoms with Gasteiger partial charge in [0.15, 0.2) is 30.3 Å². The number of ether oxygens (including phenoxy) is 11. The average molecular weight is 1240 g/mol. The quantitative estimate of drug-likeness (QED) is 0.0732. The largest absolute Gasteiger partial charge is 0.511 e. The van der Waals surface area contributed by atoms with Gasteiger partial charge in [0.2, 0.25) is 0 Å². The molecular formula is C56H97F3N4O20S. The maximum atomic E-state index is 15.9. The number of cyclic esters (lactones) is 1. The molecule has 0 aromatic heterocycles. The van der Waals surface area contributed by atoms with Crippen LogP contribution >= 0.6 is 0 Å². The maximum Gasteiger partial charge on any atom is 0.511 e. The van der Waals surface area contributed by atoms with Crippen LogP contribution in [-0.2, 0) is 81.3 Å². The number of amides is 1. The molecule has 0 aromatic rings. The number of oxime groups is 1. The van der Waals surface area contributed by atoms with E-state index in [0.717, 1.165) is 0 Å². The second-order valence-electron chi connectivity index (χ2n) is 24.9. The lowest BCUT2D eigenvalue weighted by Gasteiger charge is -2.45. The number of ketones is 1. The van der Waals surface area contributed by atoms with Crippen molar-refractivity contribution in [1.82, 2.24) is 14.9 Å². The number of aliphatic hydroxyl groups is 2. The maximum absolute atomic E-state index is 15.9. The molecule has 0 radical (unpaired) electrons. The first kappa shape index (κ1) is 73.1. The minimum absolute atomic E-state index is 0.0720. The number of rotatable bonds is 19. The summed E-state index contributed by atoms with van der Waals surface area (Å²) in [6.45, 7) is 23.8. The van der Waals surface area contributed by atoms with Gasteiger partial charge in [-0.25, -0.2) is 17.9 Å². The standard InChI is InChI=1S/C56H97F3N4O20S/c1-27(2)20-39(64)79-45-34(9)44(29(4)25-75-52-48(73-18)47(72-17)41(65)37(12)78-52)81-50(68)36(11)46(80-40-21-30(5)63(16)24-32(7)76-40)33(8)43(82-51-42(66)38(62-74-19)22-31(6)77-51)28(3)23-55(15,49(67)35(45)10)83-53(69)61-54(13,14)26-60-84(70,71)56(57,58)59/h27-37,40-48,51-52,60,65-66H,20-26H2,1-19H3,(H,61,69)/t28?,29?,30?,31-,32+,33?,34?,35?,36?,37-,40+,41-,42-,43?,44?,45?,46?,47-,48-,51+,52-,55?/m1/s1. The topological polar surface area (TPSA) is 293 Å². The number of carbonyl (C=O) groups excluding carboxylic acids is 4. The molecule has 84 heavy (non-hydrogen) atoms. The summed E-state index contributed by atoms with van der Waals surface area (Å²) >= 11 is 0. The SMILES string of the molecule is CON=C1C[C@@H](C)O[C@@H](OC2C(C)CC(C)(OC(=O)NC(C)(C)CNS(=O)(=O)C(F)(F)F)C(=O)C(C)C(OC(=O)CC(C)C)C(C)C(C(C)CO[C@@H]3O[C@H](C)[C@@H](O)[C@@H](OC)[C@H]3OC)OC(=O)C(C)C(O[C@H]3CC(C)N(C)C[C@H](C)O3)C2C)[C@@H]1O. The van der Waals surface area contributed by atoms with Crippen LogP contribution in [0.25, 0.3) is 0 Å². The van der Waals surface area contributed by atoms with Crippen molar-refractivity contribution in [2.75, 3.05) is 48.1 Å². The van der Waals surface area contributed by atoms with Gasteiger partial charge in [0, 0.05) is 70.4 Å². The van der Waals surface area contributed by atoms with Gasteiger partial charge in [-0.2, -0.15) is 13.2 Å². The predicted octanol–water partition coefficient (Wildman–Crippen LogP) is 5.22. The molecule has 4 N–H and O–H groups in total. The molecule has 4 heterocycles. The molecule has 4 rings (SSSR count). The number of methoxy groups -OCH3 is 2. The van der Waals surface area contributed by atoms with E-state index in [1.54, 1.807) is 62.3 Å². The summed E-state index contributed by atoms with van der Waals surface area (Å²) in [5.74, 6) is -8.95. The minimum atomic E-state index is -5.87. The third kappa shape index (κ3) is 19.1. The number of sulfonamides is 1. The number of alkyl carbamates (subject to hydrolysis) is 1. The summed E-state index contributed by atoms with van der Waals surface area (Å²) in [5, 5.41) is 29.2. The van der Waals surface area contributed by atoms with Crippen molar-refractivity contribution in [1.29, 1.82) is 0 Å². The molecule has 0 bridgehead atoms. The zero-order valence-corrected chi connectivity index (χ0v) is 53.1. The number of Topliss-reactive ketones (excluding diaryl/α,β-unsaturated/α-hetero) is 1. The number of esters is 2. The molecule has 488 valence electrons. The van der Waals surface area contributed by atoms with E-state index in [-0.39, 0.29) is 43.2 Å². The second kappa shape index (κ2) is 30.7. The lowest BCUT2D eigenvalue weighted by molar-refractivity contribution is -0.305. The van der Waals surface area contributed by atoms with Gasteiger partial charge in [-0.15, -0.1) is 0 Å². The van der Waals surface area contributed by atoms with E-state index >= 15 is 9.59 Å². The van der Waals surface area contributed by atoms with E-state index in [1.165, 1.54) is 53.7 Å². The predicted molar refractivity (Wildman–Crippen MR) is 297 cm³/mol. The van der Waals surface area contributed by atoms with Crippen molar-refractivity contribution in [2.24, 2.45) is 46.6 Å². The van der Waals surface area contributed by atoms with Crippen molar-refractivity contribution in [3.8, 4) is 0 Å². The van der Waals surface area contributed by atoms with Gasteiger partial charge in [-0.3, -0.25) is 14.4 Å². The van der Waals surface area contributed by atoms with Crippen molar-refractivity contribution >= 4 is 39.6 Å². The van der Waals surface area contributed by atoms with Crippen LogP contribution in [0, 0.1) is 41.4 Å². The molecule has 24 nitrogen and oxygen atoms in total. The summed E-state index contributed by atoms with van der Waals surface area (Å²) in [4.78, 5) is 66.8. The van der Waals surface area contributed by atoms with E-state index in [4.69, 9.17) is 56.9 Å². The first-order valence-corrected chi connectivity index (χ1v) is 30.4. The fraction of sp³-hybridized carbons (Fsp3) is 0.911. The summed E-state index contributed by atoms with van der Waals surface area (Å²) in [7, 11) is 0.205. The zero-order chi connectivity index (χ0) is 63.7. The highest BCUT2D eigenvalue weighted by Crippen LogP contribution is 2.41. The van der Waals surface area contributed by atoms with Crippen LogP contribution in [0.4, 0.5) is 18.0 Å². The van der Waals surface area contributed by atoms with Gasteiger partial charge >= 0.3 is 33.6 Å². The lowest BCUT2D eigenvalue weighted by atomic mass is 9.74. The molecule has 28 heteroatoms. The monoisotopic (exact) mass is 1230 g/mol. The van der Waals surface area contributed by atoms with Crippen LogP contribution in [0.15, 0.2) is 5.16 Å². The molecule has 12 unspecified atom stereocenters. The fourth-order valence-corrected chi connectivity index (χ4v) is 12.4. The third-order valence-corrected chi connectivity index (χ3v) is 17.5. The van der Waals surface area contributed by atoms with Gasteiger partial charge in [0.05, 0.1) is 60.2 Å². The molecule has 4 aliphatic heterocycles. The number of nitrogens with zero attached hydrogens (tertiary/aromatic N) is 2. The Bertz CT molecular complexity index is 2300. The normalized spacial score (nSPS) is 38.5. The number of alkyl halides is 3. The Morgan fingerprint density at radius 1 is 0.845 bits per heavy atom. The lowest BCUT2D eigenvalue weighted by Crippen LogP contribution is -2.59. The van der Waals surface area contributed by atoms with E-state index in [1.807, 2.05) is 20.9 Å². The second-order valence-corrected chi connectivity index (χ2v) is 26.7. The molecule has 1 amide bonds. The number of hydrogen-bond donors (Lipinski definition) is 4. The number of nitrogens with one attached hydrogen (secondary N) is 2. The van der Waals surface area contributed by atoms with Crippen molar-refractivity contribution < 1.29 is 108 Å². The Morgan fingerprint density at radius 3 is 2.06 bits per heavy atom. The number of likely N-dealkylation sites (N-methyl/N-ethyl adjacent to an activating group) is 1. The molecule has 4 fully saturated rings. The minimum Gasteiger partial charge on any atom is -0.461 e. The highest BCUT2D eigenvalue weighted by atomic mass is 32.2. The number of halogens is 3. The molecule has 4 saturated heterocycles. The van der Waals surface area contributed by atoms with Crippen LogP contribution in [0.3, 0.4) is 0 Å². The summed E-state index contributed by atoms with van der Waals surface area (Å²) in [6, 6.07) is -0.0720. The first-order valence-electron chi connectivity index (χ1n) is 28.9. The molecular weight excluding hydrogens is 1140 g/mol. The number of carbonyl (C=O) groups is 4. The van der Waals surface area contributed by atoms with Gasteiger partial charge < -0.3 is 77.4 Å². The third-order valence-electron chi connectivity index (χ3n) is 16.4. The average Bonchev–Trinajstić information content (AvgIpc) is 1.86. The molecule has 0 spiro atoms. The Balaban J connectivity index is 2.01. The number of aliphatic hydroxyl groups excluding tert-OH is 2. The van der Waals surface area contributed by atoms with Crippen LogP contribution in [0.5, 0.6) is 0 Å². The number of hydrogen-bond acceptors (Lipinski definition) is 22. The van der Waals surface area contributed by atoms with Crippen LogP contribution < -0.4 is 10.0 Å². The van der Waals surface area contributed by atoms with E-state index in [2.05, 4.69) is 15.4 Å². The van der Waals surface area contributed by atoms with E-state index < -0.39 is 179 Å².